The molecule has 2 radical (unpaired) electrons. The van der Waals surface area contributed by atoms with Crippen molar-refractivity contribution in [3.8, 4) is 53.8 Å². The largest absolute Gasteiger partial charge is 0.508 e. The van der Waals surface area contributed by atoms with Gasteiger partial charge in [0.1, 0.15) is 24.7 Å². The molecule has 9 heterocycles. The van der Waals surface area contributed by atoms with Crippen LogP contribution < -0.4 is 10.1 Å². The number of carbonyl (C=O) groups excluding carboxylic acids is 4. The zero-order valence-electron chi connectivity index (χ0n) is 66.3. The Kier molecular flexibility index (Phi) is 47.0. The summed E-state index contributed by atoms with van der Waals surface area (Å²) in [6.07, 6.45) is 11.9. The van der Waals surface area contributed by atoms with E-state index in [2.05, 4.69) is 145 Å². The molecule has 15 rings (SSSR count). The van der Waals surface area contributed by atoms with Gasteiger partial charge in [0.2, 0.25) is 6.08 Å². The van der Waals surface area contributed by atoms with Crippen molar-refractivity contribution in [3.63, 3.8) is 0 Å². The number of aliphatic imine (C=N–C) groups is 1. The number of thiophene rings is 4. The SMILES string of the molecule is C.C1CCOC1.C=C(C)C(=O)OCCN=C=O.C=C(C)C(=O)OCCNC(=O)Oc1ccc(CCC(O)CC(C)O)cc1.CC(O)CC(O)CCc1ccc(O)cc1.[Ir].[Ir].[c-]1c(-c2ccccn2)sc2ccccc12.[c-]1c(-c2ccccn2)sc2ccccc12.[c-]1c(-c2ccccn2)sc2ccccc12.[c-]1c(-c2ccccn2)sc2ccccc12. The van der Waals surface area contributed by atoms with E-state index < -0.39 is 42.4 Å². The Labute approximate surface area is 745 Å². The number of nitrogens with zero attached hydrogens (tertiary/aromatic N) is 5. The van der Waals surface area contributed by atoms with Crippen molar-refractivity contribution < 1.29 is 104 Å². The van der Waals surface area contributed by atoms with E-state index in [1.165, 1.54) is 59.3 Å². The fourth-order valence-corrected chi connectivity index (χ4v) is 14.6. The molecule has 1 aliphatic rings. The molecular formula is C95H98Ir2N6O13S4-4. The fraction of sp³-hybridized carbons (Fsp3) is 0.242. The van der Waals surface area contributed by atoms with Crippen molar-refractivity contribution in [1.29, 1.82) is 0 Å². The van der Waals surface area contributed by atoms with E-state index in [0.717, 1.165) is 73.0 Å². The number of phenols is 1. The van der Waals surface area contributed by atoms with Gasteiger partial charge in [0.05, 0.1) is 37.5 Å². The number of aromatic nitrogens is 4. The molecule has 0 spiro atoms. The van der Waals surface area contributed by atoms with Gasteiger partial charge in [-0.05, 0) is 177 Å². The molecule has 120 heavy (non-hydrogen) atoms. The number of pyridine rings is 4. The summed E-state index contributed by atoms with van der Waals surface area (Å²) in [5.74, 6) is -0.335. The third-order valence-electron chi connectivity index (χ3n) is 16.4. The Bertz CT molecular complexity index is 4760. The zero-order chi connectivity index (χ0) is 83.4. The Morgan fingerprint density at radius 1 is 0.492 bits per heavy atom. The predicted octanol–water partition coefficient (Wildman–Crippen LogP) is 20.3. The third-order valence-corrected chi connectivity index (χ3v) is 20.8. The summed E-state index contributed by atoms with van der Waals surface area (Å²) < 4.78 is 24.5. The standard InChI is InChI=1S/C19H27NO6.4C13H8NS.C12H18O3.C7H9NO3.C4H8O.CH4.2Ir/c1-13(2)18(23)25-11-10-20-19(24)26-17-8-5-15(6-9-17)4-7-16(22)12-14(3)21;4*1-2-7-12-10(5-1)9-13(15-12)11-6-3-4-8-14-11;1-9(13)8-12(15)7-4-10-2-5-11(14)6-3-10;1-6(2)7(10)11-4-3-8-5-9;1-2-4-5-3-1;;;/h5-6,8-9,14,16,21-22H,1,4,7,10-12H2,2-3H3,(H,20,24);4*1-8H;2-3,5-6,9,12-15H,4,7-8H2,1H3;1,3-4H2,2H3;1-4H2;1H4;;/q;4*-1;;;;;;. The van der Waals surface area contributed by atoms with Crippen LogP contribution in [-0.4, -0.2) is 134 Å². The number of benzene rings is 6. The molecule has 632 valence electrons. The van der Waals surface area contributed by atoms with E-state index >= 15 is 0 Å². The average molecular weight is 2040 g/mol. The molecule has 8 aromatic heterocycles. The van der Waals surface area contributed by atoms with Gasteiger partial charge in [-0.2, -0.15) is 0 Å². The number of phenolic OH excluding ortho intramolecular Hbond substituents is 1. The van der Waals surface area contributed by atoms with Crippen molar-refractivity contribution in [2.24, 2.45) is 4.99 Å². The summed E-state index contributed by atoms with van der Waals surface area (Å²) in [5.41, 5.74) is 6.70. The van der Waals surface area contributed by atoms with E-state index in [9.17, 15) is 34.5 Å². The molecule has 4 atom stereocenters. The Balaban J connectivity index is 0.000000248. The topological polar surface area (TPSA) is 282 Å². The summed E-state index contributed by atoms with van der Waals surface area (Å²) >= 11 is 6.93. The number of carbonyl (C=O) groups is 3. The van der Waals surface area contributed by atoms with Crippen molar-refractivity contribution in [3.05, 3.63) is 303 Å². The van der Waals surface area contributed by atoms with Gasteiger partial charge in [0.25, 0.3) is 0 Å². The van der Waals surface area contributed by atoms with Crippen LogP contribution in [0.5, 0.6) is 11.5 Å². The maximum atomic E-state index is 11.6. The number of isocyanates is 1. The molecule has 1 amide bonds. The molecule has 25 heteroatoms. The number of hydrogen-bond donors (Lipinski definition) is 6. The molecule has 0 saturated carbocycles. The van der Waals surface area contributed by atoms with Crippen LogP contribution in [0, 0.1) is 24.3 Å². The molecule has 1 fully saturated rings. The number of fused-ring (bicyclic) bond motifs is 4. The second-order valence-corrected chi connectivity index (χ2v) is 30.6. The van der Waals surface area contributed by atoms with Crippen LogP contribution in [0.4, 0.5) is 4.79 Å². The molecule has 4 unspecified atom stereocenters. The molecule has 14 aromatic rings. The summed E-state index contributed by atoms with van der Waals surface area (Å²) in [5, 5.41) is 53.8. The van der Waals surface area contributed by atoms with Crippen LogP contribution in [0.15, 0.2) is 272 Å². The molecule has 19 nitrogen and oxygen atoms in total. The van der Waals surface area contributed by atoms with Crippen LogP contribution in [0.1, 0.15) is 84.8 Å². The van der Waals surface area contributed by atoms with E-state index in [4.69, 9.17) is 24.4 Å². The number of rotatable bonds is 23. The molecule has 0 aliphatic carbocycles. The molecule has 1 saturated heterocycles. The van der Waals surface area contributed by atoms with E-state index in [1.54, 1.807) is 97.3 Å². The molecular weight excluding hydrogens is 1950 g/mol. The first-order valence-corrected chi connectivity index (χ1v) is 41.1. The molecule has 6 aromatic carbocycles. The first kappa shape index (κ1) is 100. The van der Waals surface area contributed by atoms with Crippen LogP contribution in [-0.2, 0) is 81.6 Å². The van der Waals surface area contributed by atoms with Gasteiger partial charge >= 0.3 is 18.0 Å². The number of esters is 2. The number of ether oxygens (including phenoxy) is 4. The van der Waals surface area contributed by atoms with Crippen molar-refractivity contribution in [1.82, 2.24) is 25.3 Å². The first-order valence-electron chi connectivity index (χ1n) is 37.9. The van der Waals surface area contributed by atoms with Gasteiger partial charge in [-0.1, -0.05) is 142 Å². The van der Waals surface area contributed by atoms with Gasteiger partial charge in [0, 0.05) is 112 Å². The van der Waals surface area contributed by atoms with Gasteiger partial charge in [-0.25, -0.2) is 69.5 Å². The fourth-order valence-electron chi connectivity index (χ4n) is 10.6. The van der Waals surface area contributed by atoms with Crippen molar-refractivity contribution in [2.75, 3.05) is 39.5 Å². The number of amides is 1. The van der Waals surface area contributed by atoms with Gasteiger partial charge in [-0.3, -0.25) is 0 Å². The summed E-state index contributed by atoms with van der Waals surface area (Å²) in [7, 11) is 0. The number of aromatic hydroxyl groups is 1. The zero-order valence-corrected chi connectivity index (χ0v) is 74.3. The van der Waals surface area contributed by atoms with Crippen LogP contribution >= 0.6 is 45.3 Å². The second-order valence-electron chi connectivity index (χ2n) is 26.4. The maximum absolute atomic E-state index is 11.6. The molecule has 6 N–H and O–H groups in total. The Morgan fingerprint density at radius 2 is 0.817 bits per heavy atom. The smallest absolute Gasteiger partial charge is 0.412 e. The van der Waals surface area contributed by atoms with Crippen LogP contribution in [0.3, 0.4) is 0 Å². The van der Waals surface area contributed by atoms with Crippen molar-refractivity contribution >= 4 is 110 Å². The van der Waals surface area contributed by atoms with Crippen LogP contribution in [0.25, 0.3) is 82.6 Å². The normalized spacial score (nSPS) is 11.7. The summed E-state index contributed by atoms with van der Waals surface area (Å²) in [4.78, 5) is 67.9. The number of aryl methyl sites for hydroxylation is 2. The number of aliphatic hydroxyl groups is 4. The van der Waals surface area contributed by atoms with Crippen molar-refractivity contribution in [2.45, 2.75) is 111 Å². The second kappa shape index (κ2) is 56.3. The van der Waals surface area contributed by atoms with Gasteiger partial charge in [0.15, 0.2) is 0 Å². The van der Waals surface area contributed by atoms with E-state index in [0.29, 0.717) is 49.0 Å². The Hall–Kier alpha value is -10.3. The maximum Gasteiger partial charge on any atom is 0.412 e. The quantitative estimate of drug-likeness (QED) is 0.00867. The van der Waals surface area contributed by atoms with Gasteiger partial charge in [-0.15, -0.1) is 94.3 Å². The van der Waals surface area contributed by atoms with E-state index in [1.807, 2.05) is 146 Å². The number of hydrogen-bond acceptors (Lipinski definition) is 22. The number of aliphatic hydroxyl groups excluding tert-OH is 4. The third kappa shape index (κ3) is 37.2. The Morgan fingerprint density at radius 3 is 1.11 bits per heavy atom. The monoisotopic (exact) mass is 2040 g/mol. The number of nitrogens with one attached hydrogen (secondary N) is 1. The minimum atomic E-state index is -0.642. The molecule has 0 bridgehead atoms. The minimum absolute atomic E-state index is 0. The molecule has 1 aliphatic heterocycles. The average Bonchev–Trinajstić information content (AvgIpc) is 1.70. The predicted molar refractivity (Wildman–Crippen MR) is 477 cm³/mol. The van der Waals surface area contributed by atoms with Gasteiger partial charge < -0.3 is 69.7 Å². The summed E-state index contributed by atoms with van der Waals surface area (Å²) in [6.45, 7) is 15.7. The minimum Gasteiger partial charge on any atom is -0.508 e. The van der Waals surface area contributed by atoms with E-state index in [-0.39, 0.29) is 79.7 Å². The summed E-state index contributed by atoms with van der Waals surface area (Å²) in [6, 6.07) is 84.3. The van der Waals surface area contributed by atoms with Crippen LogP contribution in [0.2, 0.25) is 0 Å². The first-order chi connectivity index (χ1) is 56.8.